The number of fused-ring (bicyclic) bond motifs is 1. The molecule has 4 rings (SSSR count). The van der Waals surface area contributed by atoms with E-state index in [-0.39, 0.29) is 0 Å². The van der Waals surface area contributed by atoms with Gasteiger partial charge >= 0.3 is 0 Å². The van der Waals surface area contributed by atoms with E-state index < -0.39 is 0 Å². The summed E-state index contributed by atoms with van der Waals surface area (Å²) in [4.78, 5) is 4.77. The highest BCUT2D eigenvalue weighted by Gasteiger charge is 2.21. The van der Waals surface area contributed by atoms with Crippen molar-refractivity contribution < 1.29 is 4.74 Å². The minimum Gasteiger partial charge on any atom is -0.490 e. The van der Waals surface area contributed by atoms with E-state index in [1.165, 1.54) is 38.5 Å². The van der Waals surface area contributed by atoms with E-state index in [9.17, 15) is 0 Å². The van der Waals surface area contributed by atoms with Gasteiger partial charge in [0.25, 0.3) is 0 Å². The number of aromatic nitrogens is 1. The number of nitrogens with zero attached hydrogens (tertiary/aromatic N) is 1. The van der Waals surface area contributed by atoms with Crippen LogP contribution in [0.4, 0.5) is 0 Å². The van der Waals surface area contributed by atoms with Crippen molar-refractivity contribution in [1.82, 2.24) is 10.3 Å². The maximum atomic E-state index is 6.28. The summed E-state index contributed by atoms with van der Waals surface area (Å²) in [7, 11) is 0. The Morgan fingerprint density at radius 3 is 2.71 bits per heavy atom. The van der Waals surface area contributed by atoms with Crippen LogP contribution in [-0.2, 0) is 6.54 Å². The number of benzene rings is 1. The molecule has 110 valence electrons. The molecule has 0 radical (unpaired) electrons. The molecule has 2 aliphatic rings. The van der Waals surface area contributed by atoms with Crippen LogP contribution in [-0.4, -0.2) is 17.1 Å². The first-order valence-electron chi connectivity index (χ1n) is 8.17. The van der Waals surface area contributed by atoms with Crippen molar-refractivity contribution in [2.24, 2.45) is 0 Å². The van der Waals surface area contributed by atoms with Crippen LogP contribution in [0.1, 0.15) is 44.2 Å². The third-order valence-corrected chi connectivity index (χ3v) is 4.48. The lowest BCUT2D eigenvalue weighted by molar-refractivity contribution is 0.212. The van der Waals surface area contributed by atoms with Gasteiger partial charge in [0.15, 0.2) is 0 Å². The van der Waals surface area contributed by atoms with E-state index in [1.807, 2.05) is 6.07 Å². The van der Waals surface area contributed by atoms with Crippen LogP contribution in [0.15, 0.2) is 30.3 Å². The number of rotatable bonds is 5. The van der Waals surface area contributed by atoms with Gasteiger partial charge in [-0.1, -0.05) is 12.1 Å². The summed E-state index contributed by atoms with van der Waals surface area (Å²) in [6.45, 7) is 0.844. The van der Waals surface area contributed by atoms with Crippen LogP contribution >= 0.6 is 0 Å². The van der Waals surface area contributed by atoms with Gasteiger partial charge in [0.2, 0.25) is 0 Å². The molecule has 1 aromatic carbocycles. The minimum atomic E-state index is 0.389. The maximum Gasteiger partial charge on any atom is 0.130 e. The molecule has 0 atom stereocenters. The van der Waals surface area contributed by atoms with E-state index in [0.717, 1.165) is 28.9 Å². The quantitative estimate of drug-likeness (QED) is 0.905. The molecular formula is C18H22N2O. The second kappa shape index (κ2) is 5.64. The van der Waals surface area contributed by atoms with Crippen molar-refractivity contribution in [2.75, 3.05) is 0 Å². The molecule has 1 aromatic heterocycles. The van der Waals surface area contributed by atoms with Crippen molar-refractivity contribution in [3.05, 3.63) is 36.0 Å². The Morgan fingerprint density at radius 2 is 1.90 bits per heavy atom. The molecule has 2 fully saturated rings. The SMILES string of the molecule is c1ccc2c(OC3CCCC3)cc(CNC3CC3)nc2c1. The van der Waals surface area contributed by atoms with Gasteiger partial charge in [0, 0.05) is 24.0 Å². The maximum absolute atomic E-state index is 6.28. The van der Waals surface area contributed by atoms with Crippen LogP contribution in [0.2, 0.25) is 0 Å². The molecule has 0 aliphatic heterocycles. The van der Waals surface area contributed by atoms with Crippen LogP contribution in [0.25, 0.3) is 10.9 Å². The Kier molecular flexibility index (Phi) is 3.52. The van der Waals surface area contributed by atoms with Crippen LogP contribution in [0, 0.1) is 0 Å². The highest BCUT2D eigenvalue weighted by Crippen LogP contribution is 2.30. The van der Waals surface area contributed by atoms with Crippen LogP contribution < -0.4 is 10.1 Å². The third kappa shape index (κ3) is 3.03. The number of ether oxygens (including phenoxy) is 1. The molecule has 1 N–H and O–H groups in total. The molecule has 0 saturated heterocycles. The number of hydrogen-bond donors (Lipinski definition) is 1. The van der Waals surface area contributed by atoms with Crippen molar-refractivity contribution >= 4 is 10.9 Å². The molecule has 1 heterocycles. The fourth-order valence-electron chi connectivity index (χ4n) is 3.11. The monoisotopic (exact) mass is 282 g/mol. The van der Waals surface area contributed by atoms with Crippen molar-refractivity contribution in [3.63, 3.8) is 0 Å². The Labute approximate surface area is 125 Å². The van der Waals surface area contributed by atoms with Gasteiger partial charge in [-0.05, 0) is 50.7 Å². The van der Waals surface area contributed by atoms with Crippen molar-refractivity contribution in [1.29, 1.82) is 0 Å². The zero-order valence-corrected chi connectivity index (χ0v) is 12.3. The molecule has 2 aromatic rings. The first-order valence-corrected chi connectivity index (χ1v) is 8.17. The Morgan fingerprint density at radius 1 is 1.10 bits per heavy atom. The fraction of sp³-hybridized carbons (Fsp3) is 0.500. The minimum absolute atomic E-state index is 0.389. The van der Waals surface area contributed by atoms with E-state index in [1.54, 1.807) is 0 Å². The second-order valence-electron chi connectivity index (χ2n) is 6.31. The van der Waals surface area contributed by atoms with Gasteiger partial charge < -0.3 is 10.1 Å². The van der Waals surface area contributed by atoms with Crippen LogP contribution in [0.5, 0.6) is 5.75 Å². The van der Waals surface area contributed by atoms with Crippen molar-refractivity contribution in [3.8, 4) is 5.75 Å². The van der Waals surface area contributed by atoms with Gasteiger partial charge in [-0.2, -0.15) is 0 Å². The number of hydrogen-bond acceptors (Lipinski definition) is 3. The predicted molar refractivity (Wildman–Crippen MR) is 84.5 cm³/mol. The summed E-state index contributed by atoms with van der Waals surface area (Å²) >= 11 is 0. The highest BCUT2D eigenvalue weighted by molar-refractivity contribution is 5.85. The molecule has 0 spiro atoms. The highest BCUT2D eigenvalue weighted by atomic mass is 16.5. The molecule has 2 saturated carbocycles. The Hall–Kier alpha value is -1.61. The predicted octanol–water partition coefficient (Wildman–Crippen LogP) is 3.81. The summed E-state index contributed by atoms with van der Waals surface area (Å²) in [5, 5.41) is 4.68. The molecule has 2 aliphatic carbocycles. The topological polar surface area (TPSA) is 34.1 Å². The molecule has 0 bridgehead atoms. The van der Waals surface area contributed by atoms with E-state index in [4.69, 9.17) is 9.72 Å². The largest absolute Gasteiger partial charge is 0.490 e. The van der Waals surface area contributed by atoms with Gasteiger partial charge in [-0.25, -0.2) is 0 Å². The van der Waals surface area contributed by atoms with Gasteiger partial charge in [0.1, 0.15) is 5.75 Å². The average molecular weight is 282 g/mol. The van der Waals surface area contributed by atoms with Gasteiger partial charge in [-0.15, -0.1) is 0 Å². The first kappa shape index (κ1) is 13.1. The Bertz CT molecular complexity index is 630. The summed E-state index contributed by atoms with van der Waals surface area (Å²) in [5.41, 5.74) is 2.13. The van der Waals surface area contributed by atoms with E-state index in [0.29, 0.717) is 12.1 Å². The molecule has 3 nitrogen and oxygen atoms in total. The first-order chi connectivity index (χ1) is 10.4. The summed E-state index contributed by atoms with van der Waals surface area (Å²) in [6.07, 6.45) is 7.96. The normalized spacial score (nSPS) is 19.2. The second-order valence-corrected chi connectivity index (χ2v) is 6.31. The lowest BCUT2D eigenvalue weighted by atomic mass is 10.1. The van der Waals surface area contributed by atoms with Crippen LogP contribution in [0.3, 0.4) is 0 Å². The third-order valence-electron chi connectivity index (χ3n) is 4.48. The lowest BCUT2D eigenvalue weighted by Gasteiger charge is -2.16. The summed E-state index contributed by atoms with van der Waals surface area (Å²) in [6, 6.07) is 11.1. The van der Waals surface area contributed by atoms with Gasteiger partial charge in [0.05, 0.1) is 17.3 Å². The standard InChI is InChI=1S/C18H22N2O/c1-2-6-15(5-1)21-18-11-14(12-19-13-9-10-13)20-17-8-4-3-7-16(17)18/h3-4,7-8,11,13,15,19H,1-2,5-6,9-10,12H2. The van der Waals surface area contributed by atoms with E-state index >= 15 is 0 Å². The zero-order chi connectivity index (χ0) is 14.1. The number of para-hydroxylation sites is 1. The summed E-state index contributed by atoms with van der Waals surface area (Å²) < 4.78 is 6.28. The van der Waals surface area contributed by atoms with Gasteiger partial charge in [-0.3, -0.25) is 4.98 Å². The smallest absolute Gasteiger partial charge is 0.130 e. The number of nitrogens with one attached hydrogen (secondary N) is 1. The summed E-state index contributed by atoms with van der Waals surface area (Å²) in [5.74, 6) is 1.01. The molecule has 3 heteroatoms. The molecular weight excluding hydrogens is 260 g/mol. The van der Waals surface area contributed by atoms with Crippen molar-refractivity contribution in [2.45, 2.75) is 57.2 Å². The lowest BCUT2D eigenvalue weighted by Crippen LogP contribution is -2.17. The fourth-order valence-corrected chi connectivity index (χ4v) is 3.11. The molecule has 0 amide bonds. The zero-order valence-electron chi connectivity index (χ0n) is 12.3. The number of pyridine rings is 1. The Balaban J connectivity index is 1.63. The molecule has 0 unspecified atom stereocenters. The van der Waals surface area contributed by atoms with E-state index in [2.05, 4.69) is 29.6 Å². The average Bonchev–Trinajstić information content (AvgIpc) is 3.21. The molecule has 21 heavy (non-hydrogen) atoms.